The number of methoxy groups -OCH3 is 1. The van der Waals surface area contributed by atoms with Crippen molar-refractivity contribution in [3.05, 3.63) is 46.9 Å². The van der Waals surface area contributed by atoms with E-state index in [4.69, 9.17) is 27.8 Å². The molecule has 2 rings (SSSR count). The highest BCUT2D eigenvalue weighted by atomic mass is 35.5. The summed E-state index contributed by atoms with van der Waals surface area (Å²) in [6.45, 7) is -0.889. The molecule has 1 atom stereocenters. The smallest absolute Gasteiger partial charge is 0.413 e. The molecule has 4 N–H and O–H groups in total. The number of rotatable bonds is 4. The second-order valence-corrected chi connectivity index (χ2v) is 5.46. The van der Waals surface area contributed by atoms with E-state index in [1.54, 1.807) is 0 Å². The maximum absolute atomic E-state index is 13.3. The predicted molar refractivity (Wildman–Crippen MR) is 82.2 cm³/mol. The van der Waals surface area contributed by atoms with E-state index >= 15 is 0 Å². The fourth-order valence-corrected chi connectivity index (χ4v) is 2.26. The summed E-state index contributed by atoms with van der Waals surface area (Å²) >= 11 is 5.72. The van der Waals surface area contributed by atoms with Crippen LogP contribution in [0.25, 0.3) is 11.3 Å². The van der Waals surface area contributed by atoms with Crippen molar-refractivity contribution in [2.45, 2.75) is 11.7 Å². The molecule has 0 amide bonds. The van der Waals surface area contributed by atoms with Crippen molar-refractivity contribution >= 4 is 11.6 Å². The molecule has 0 radical (unpaired) electrons. The molecular weight excluding hydrogens is 350 g/mol. The molecule has 0 aliphatic heterocycles. The van der Waals surface area contributed by atoms with E-state index in [-0.39, 0.29) is 22.0 Å². The summed E-state index contributed by atoms with van der Waals surface area (Å²) in [7, 11) is 1.33. The lowest BCUT2D eigenvalue weighted by Gasteiger charge is -2.30. The summed E-state index contributed by atoms with van der Waals surface area (Å²) in [5.41, 5.74) is 7.72. The molecule has 130 valence electrons. The minimum atomic E-state index is -4.80. The van der Waals surface area contributed by atoms with Gasteiger partial charge in [0, 0.05) is 12.1 Å². The number of halogens is 5. The van der Waals surface area contributed by atoms with Gasteiger partial charge in [0.05, 0.1) is 17.8 Å². The van der Waals surface area contributed by atoms with Crippen molar-refractivity contribution < 1.29 is 22.3 Å². The van der Waals surface area contributed by atoms with Crippen LogP contribution in [0.5, 0.6) is 5.75 Å². The number of nitrogens with zero attached hydrogens (tertiary/aromatic N) is 1. The summed E-state index contributed by atoms with van der Waals surface area (Å²) in [5.74, 6) is -0.482. The Kier molecular flexibility index (Phi) is 5.03. The van der Waals surface area contributed by atoms with Crippen LogP contribution < -0.4 is 16.2 Å². The summed E-state index contributed by atoms with van der Waals surface area (Å²) in [5, 5.41) is -0.199. The first-order chi connectivity index (χ1) is 11.1. The van der Waals surface area contributed by atoms with Gasteiger partial charge >= 0.3 is 6.18 Å². The highest BCUT2D eigenvalue weighted by Gasteiger charge is 2.53. The van der Waals surface area contributed by atoms with Gasteiger partial charge in [-0.3, -0.25) is 0 Å². The molecule has 9 heteroatoms. The molecule has 24 heavy (non-hydrogen) atoms. The van der Waals surface area contributed by atoms with Gasteiger partial charge in [0.2, 0.25) is 0 Å². The zero-order valence-electron chi connectivity index (χ0n) is 12.5. The minimum absolute atomic E-state index is 0.0458. The van der Waals surface area contributed by atoms with Crippen LogP contribution in [0.2, 0.25) is 5.02 Å². The fraction of sp³-hybridized carbons (Fsp3) is 0.267. The van der Waals surface area contributed by atoms with E-state index in [9.17, 15) is 17.6 Å². The number of benzene rings is 1. The number of ether oxygens (including phenoxy) is 1. The molecule has 0 fully saturated rings. The summed E-state index contributed by atoms with van der Waals surface area (Å²) in [6.07, 6.45) is -4.80. The second-order valence-electron chi connectivity index (χ2n) is 5.05. The van der Waals surface area contributed by atoms with E-state index in [1.165, 1.54) is 25.3 Å². The third-order valence-electron chi connectivity index (χ3n) is 3.56. The first kappa shape index (κ1) is 18.4. The van der Waals surface area contributed by atoms with Gasteiger partial charge in [0.1, 0.15) is 17.3 Å². The SMILES string of the molecule is COc1ccc(C(N)(CN)C(F)(F)F)nc1-c1ccc(F)c(Cl)c1. The van der Waals surface area contributed by atoms with E-state index < -0.39 is 29.8 Å². The Morgan fingerprint density at radius 2 is 1.88 bits per heavy atom. The van der Waals surface area contributed by atoms with Crippen molar-refractivity contribution in [3.63, 3.8) is 0 Å². The maximum atomic E-state index is 13.3. The molecule has 4 nitrogen and oxygen atoms in total. The van der Waals surface area contributed by atoms with Crippen molar-refractivity contribution in [2.75, 3.05) is 13.7 Å². The van der Waals surface area contributed by atoms with Gasteiger partial charge in [-0.05, 0) is 30.3 Å². The van der Waals surface area contributed by atoms with E-state index in [0.29, 0.717) is 0 Å². The van der Waals surface area contributed by atoms with E-state index in [0.717, 1.165) is 12.1 Å². The van der Waals surface area contributed by atoms with Crippen LogP contribution in [-0.2, 0) is 5.54 Å². The Morgan fingerprint density at radius 3 is 2.38 bits per heavy atom. The van der Waals surface area contributed by atoms with Gasteiger partial charge in [0.15, 0.2) is 5.54 Å². The maximum Gasteiger partial charge on any atom is 0.413 e. The van der Waals surface area contributed by atoms with Crippen molar-refractivity contribution in [1.29, 1.82) is 0 Å². The average molecular weight is 364 g/mol. The standard InChI is InChI=1S/C15H14ClF4N3O/c1-24-11-4-5-12(14(22,7-21)15(18,19)20)23-13(11)8-2-3-10(17)9(16)6-8/h2-6H,7,21-22H2,1H3. The Hall–Kier alpha value is -1.90. The van der Waals surface area contributed by atoms with Crippen LogP contribution in [-0.4, -0.2) is 24.8 Å². The highest BCUT2D eigenvalue weighted by molar-refractivity contribution is 6.31. The molecule has 0 saturated carbocycles. The Bertz CT molecular complexity index is 754. The predicted octanol–water partition coefficient (Wildman–Crippen LogP) is 3.22. The molecule has 1 unspecified atom stereocenters. The summed E-state index contributed by atoms with van der Waals surface area (Å²) < 4.78 is 58.2. The number of hydrogen-bond acceptors (Lipinski definition) is 4. The monoisotopic (exact) mass is 363 g/mol. The summed E-state index contributed by atoms with van der Waals surface area (Å²) in [4.78, 5) is 3.96. The molecule has 0 saturated heterocycles. The van der Waals surface area contributed by atoms with Gasteiger partial charge in [-0.1, -0.05) is 11.6 Å². The Labute approximate surface area is 140 Å². The number of alkyl halides is 3. The molecule has 1 heterocycles. The largest absolute Gasteiger partial charge is 0.494 e. The zero-order chi connectivity index (χ0) is 18.1. The molecule has 0 bridgehead atoms. The third kappa shape index (κ3) is 3.17. The van der Waals surface area contributed by atoms with Crippen LogP contribution in [0.4, 0.5) is 17.6 Å². The number of aromatic nitrogens is 1. The third-order valence-corrected chi connectivity index (χ3v) is 3.85. The molecular formula is C15H14ClF4N3O. The Balaban J connectivity index is 2.66. The first-order valence-electron chi connectivity index (χ1n) is 6.70. The lowest BCUT2D eigenvalue weighted by molar-refractivity contribution is -0.187. The average Bonchev–Trinajstić information content (AvgIpc) is 2.55. The van der Waals surface area contributed by atoms with Crippen LogP contribution >= 0.6 is 11.6 Å². The van der Waals surface area contributed by atoms with Gasteiger partial charge < -0.3 is 16.2 Å². The lowest BCUT2D eigenvalue weighted by Crippen LogP contribution is -2.56. The topological polar surface area (TPSA) is 74.2 Å². The molecule has 1 aromatic carbocycles. The van der Waals surface area contributed by atoms with Gasteiger partial charge in [-0.2, -0.15) is 13.2 Å². The van der Waals surface area contributed by atoms with Gasteiger partial charge in [-0.25, -0.2) is 9.37 Å². The van der Waals surface area contributed by atoms with Gasteiger partial charge in [0.25, 0.3) is 0 Å². The quantitative estimate of drug-likeness (QED) is 0.818. The Morgan fingerprint density at radius 1 is 1.21 bits per heavy atom. The highest BCUT2D eigenvalue weighted by Crippen LogP contribution is 2.38. The van der Waals surface area contributed by atoms with Crippen LogP contribution in [0.15, 0.2) is 30.3 Å². The first-order valence-corrected chi connectivity index (χ1v) is 7.08. The van der Waals surface area contributed by atoms with Crippen molar-refractivity contribution in [2.24, 2.45) is 11.5 Å². The second kappa shape index (κ2) is 6.54. The van der Waals surface area contributed by atoms with Crippen LogP contribution in [0.1, 0.15) is 5.69 Å². The van der Waals surface area contributed by atoms with E-state index in [2.05, 4.69) is 4.98 Å². The zero-order valence-corrected chi connectivity index (χ0v) is 13.2. The minimum Gasteiger partial charge on any atom is -0.494 e. The fourth-order valence-electron chi connectivity index (χ4n) is 2.08. The number of pyridine rings is 1. The normalized spacial score (nSPS) is 14.3. The van der Waals surface area contributed by atoms with Crippen LogP contribution in [0.3, 0.4) is 0 Å². The number of hydrogen-bond donors (Lipinski definition) is 2. The lowest BCUT2D eigenvalue weighted by atomic mass is 9.94. The van der Waals surface area contributed by atoms with Crippen molar-refractivity contribution in [3.8, 4) is 17.0 Å². The summed E-state index contributed by atoms with van der Waals surface area (Å²) in [6, 6.07) is 6.02. The van der Waals surface area contributed by atoms with Crippen molar-refractivity contribution in [1.82, 2.24) is 4.98 Å². The molecule has 0 aliphatic rings. The molecule has 2 aromatic rings. The van der Waals surface area contributed by atoms with Gasteiger partial charge in [-0.15, -0.1) is 0 Å². The number of nitrogens with two attached hydrogens (primary N) is 2. The molecule has 1 aromatic heterocycles. The van der Waals surface area contributed by atoms with E-state index in [1.807, 2.05) is 0 Å². The molecule has 0 spiro atoms. The van der Waals surface area contributed by atoms with Crippen LogP contribution in [0, 0.1) is 5.82 Å². The molecule has 0 aliphatic carbocycles.